The largest absolute Gasteiger partial charge is 0.396 e. The highest BCUT2D eigenvalue weighted by Crippen LogP contribution is 2.18. The third kappa shape index (κ3) is 3.11. The van der Waals surface area contributed by atoms with Crippen LogP contribution in [0, 0.1) is 5.92 Å². The maximum atomic E-state index is 9.29. The van der Waals surface area contributed by atoms with E-state index in [1.165, 1.54) is 24.1 Å². The van der Waals surface area contributed by atoms with Gasteiger partial charge in [0.25, 0.3) is 0 Å². The molecule has 0 spiro atoms. The molecular weight excluding hydrogens is 248 g/mol. The van der Waals surface area contributed by atoms with Gasteiger partial charge in [-0.1, -0.05) is 12.1 Å². The smallest absolute Gasteiger partial charge is 0.0471 e. The minimum absolute atomic E-state index is 0.322. The highest BCUT2D eigenvalue weighted by Gasteiger charge is 2.18. The SMILES string of the molecule is OCC1CCCN(Cc2ccc(-n3cccc3)cc2)C1. The van der Waals surface area contributed by atoms with E-state index >= 15 is 0 Å². The maximum Gasteiger partial charge on any atom is 0.0471 e. The van der Waals surface area contributed by atoms with E-state index < -0.39 is 0 Å². The molecule has 3 rings (SSSR count). The van der Waals surface area contributed by atoms with Gasteiger partial charge in [-0.3, -0.25) is 4.90 Å². The lowest BCUT2D eigenvalue weighted by atomic mass is 9.98. The van der Waals surface area contributed by atoms with Crippen LogP contribution in [0.3, 0.4) is 0 Å². The molecule has 1 fully saturated rings. The van der Waals surface area contributed by atoms with E-state index in [-0.39, 0.29) is 0 Å². The number of aliphatic hydroxyl groups excluding tert-OH is 1. The van der Waals surface area contributed by atoms with Crippen molar-refractivity contribution in [2.45, 2.75) is 19.4 Å². The standard InChI is InChI=1S/C17H22N2O/c20-14-16-4-3-9-18(13-16)12-15-5-7-17(8-6-15)19-10-1-2-11-19/h1-2,5-8,10-11,16,20H,3-4,9,12-14H2. The monoisotopic (exact) mass is 270 g/mol. The Morgan fingerprint density at radius 1 is 1.10 bits per heavy atom. The Morgan fingerprint density at radius 3 is 2.55 bits per heavy atom. The van der Waals surface area contributed by atoms with Crippen LogP contribution in [-0.2, 0) is 6.54 Å². The second kappa shape index (κ2) is 6.25. The Balaban J connectivity index is 1.63. The normalized spacial score (nSPS) is 20.1. The van der Waals surface area contributed by atoms with Crippen molar-refractivity contribution in [3.8, 4) is 5.69 Å². The molecule has 0 radical (unpaired) electrons. The zero-order chi connectivity index (χ0) is 13.8. The molecule has 20 heavy (non-hydrogen) atoms. The summed E-state index contributed by atoms with van der Waals surface area (Å²) in [4.78, 5) is 2.45. The number of hydrogen-bond donors (Lipinski definition) is 1. The van der Waals surface area contributed by atoms with Gasteiger partial charge in [0.1, 0.15) is 0 Å². The van der Waals surface area contributed by atoms with Gasteiger partial charge in [-0.05, 0) is 55.1 Å². The molecule has 1 saturated heterocycles. The van der Waals surface area contributed by atoms with Crippen LogP contribution in [0.2, 0.25) is 0 Å². The average molecular weight is 270 g/mol. The topological polar surface area (TPSA) is 28.4 Å². The zero-order valence-electron chi connectivity index (χ0n) is 11.8. The quantitative estimate of drug-likeness (QED) is 0.925. The molecule has 0 aliphatic carbocycles. The summed E-state index contributed by atoms with van der Waals surface area (Å²) in [6.45, 7) is 3.48. The van der Waals surface area contributed by atoms with Gasteiger partial charge in [-0.25, -0.2) is 0 Å². The Labute approximate surface area is 120 Å². The average Bonchev–Trinajstić information content (AvgIpc) is 3.02. The number of nitrogens with zero attached hydrogens (tertiary/aromatic N) is 2. The second-order valence-corrected chi connectivity index (χ2v) is 5.68. The Morgan fingerprint density at radius 2 is 1.85 bits per heavy atom. The van der Waals surface area contributed by atoms with Crippen molar-refractivity contribution in [1.29, 1.82) is 0 Å². The maximum absolute atomic E-state index is 9.29. The van der Waals surface area contributed by atoms with Crippen LogP contribution in [0.25, 0.3) is 5.69 Å². The number of piperidine rings is 1. The Bertz CT molecular complexity index is 518. The first-order valence-corrected chi connectivity index (χ1v) is 7.40. The molecule has 2 heterocycles. The molecule has 106 valence electrons. The van der Waals surface area contributed by atoms with Crippen LogP contribution >= 0.6 is 0 Å². The fourth-order valence-electron chi connectivity index (χ4n) is 2.98. The first-order valence-electron chi connectivity index (χ1n) is 7.40. The molecular formula is C17H22N2O. The van der Waals surface area contributed by atoms with Crippen molar-refractivity contribution in [2.24, 2.45) is 5.92 Å². The molecule has 2 aromatic rings. The van der Waals surface area contributed by atoms with Gasteiger partial charge in [0.05, 0.1) is 0 Å². The molecule has 1 aliphatic rings. The summed E-state index contributed by atoms with van der Waals surface area (Å²) in [6, 6.07) is 12.8. The van der Waals surface area contributed by atoms with Gasteiger partial charge in [0.2, 0.25) is 0 Å². The highest BCUT2D eigenvalue weighted by molar-refractivity contribution is 5.35. The van der Waals surface area contributed by atoms with Crippen LogP contribution in [0.5, 0.6) is 0 Å². The number of benzene rings is 1. The summed E-state index contributed by atoms with van der Waals surface area (Å²) in [6.07, 6.45) is 6.49. The fourth-order valence-corrected chi connectivity index (χ4v) is 2.98. The first kappa shape index (κ1) is 13.4. The van der Waals surface area contributed by atoms with E-state index in [2.05, 4.69) is 46.1 Å². The number of rotatable bonds is 4. The summed E-state index contributed by atoms with van der Waals surface area (Å²) in [5, 5.41) is 9.29. The van der Waals surface area contributed by atoms with Crippen LogP contribution in [-0.4, -0.2) is 34.3 Å². The van der Waals surface area contributed by atoms with Gasteiger partial charge in [-0.2, -0.15) is 0 Å². The molecule has 0 saturated carbocycles. The molecule has 1 atom stereocenters. The molecule has 0 bridgehead atoms. The van der Waals surface area contributed by atoms with Crippen LogP contribution in [0.4, 0.5) is 0 Å². The Kier molecular flexibility index (Phi) is 4.19. The number of aromatic nitrogens is 1. The predicted molar refractivity (Wildman–Crippen MR) is 80.9 cm³/mol. The Hall–Kier alpha value is -1.58. The van der Waals surface area contributed by atoms with E-state index in [1.54, 1.807) is 0 Å². The second-order valence-electron chi connectivity index (χ2n) is 5.68. The van der Waals surface area contributed by atoms with Crippen LogP contribution < -0.4 is 0 Å². The predicted octanol–water partition coefficient (Wildman–Crippen LogP) is 2.68. The third-order valence-corrected chi connectivity index (χ3v) is 4.11. The van der Waals surface area contributed by atoms with Gasteiger partial charge in [0, 0.05) is 37.8 Å². The van der Waals surface area contributed by atoms with E-state index in [4.69, 9.17) is 0 Å². The molecule has 3 heteroatoms. The number of likely N-dealkylation sites (tertiary alicyclic amines) is 1. The summed E-state index contributed by atoms with van der Waals surface area (Å²) in [7, 11) is 0. The summed E-state index contributed by atoms with van der Waals surface area (Å²) >= 11 is 0. The van der Waals surface area contributed by atoms with Crippen molar-refractivity contribution >= 4 is 0 Å². The van der Waals surface area contributed by atoms with Crippen LogP contribution in [0.15, 0.2) is 48.8 Å². The molecule has 1 aromatic carbocycles. The number of aliphatic hydroxyl groups is 1. The van der Waals surface area contributed by atoms with E-state index in [0.29, 0.717) is 12.5 Å². The first-order chi connectivity index (χ1) is 9.85. The fraction of sp³-hybridized carbons (Fsp3) is 0.412. The lowest BCUT2D eigenvalue weighted by molar-refractivity contribution is 0.116. The van der Waals surface area contributed by atoms with Crippen LogP contribution in [0.1, 0.15) is 18.4 Å². The summed E-state index contributed by atoms with van der Waals surface area (Å²) in [5.74, 6) is 0.461. The molecule has 1 aromatic heterocycles. The molecule has 3 nitrogen and oxygen atoms in total. The van der Waals surface area contributed by atoms with E-state index in [1.807, 2.05) is 12.1 Å². The highest BCUT2D eigenvalue weighted by atomic mass is 16.3. The lowest BCUT2D eigenvalue weighted by Gasteiger charge is -2.31. The molecule has 1 unspecified atom stereocenters. The van der Waals surface area contributed by atoms with Crippen molar-refractivity contribution in [3.05, 3.63) is 54.4 Å². The van der Waals surface area contributed by atoms with Crippen molar-refractivity contribution in [2.75, 3.05) is 19.7 Å². The lowest BCUT2D eigenvalue weighted by Crippen LogP contribution is -2.36. The van der Waals surface area contributed by atoms with Crippen molar-refractivity contribution in [1.82, 2.24) is 9.47 Å². The minimum Gasteiger partial charge on any atom is -0.396 e. The minimum atomic E-state index is 0.322. The summed E-state index contributed by atoms with van der Waals surface area (Å²) < 4.78 is 2.12. The van der Waals surface area contributed by atoms with E-state index in [0.717, 1.165) is 19.6 Å². The zero-order valence-corrected chi connectivity index (χ0v) is 11.8. The van der Waals surface area contributed by atoms with E-state index in [9.17, 15) is 5.11 Å². The van der Waals surface area contributed by atoms with Gasteiger partial charge >= 0.3 is 0 Å². The van der Waals surface area contributed by atoms with Crippen molar-refractivity contribution in [3.63, 3.8) is 0 Å². The van der Waals surface area contributed by atoms with Gasteiger partial charge in [-0.15, -0.1) is 0 Å². The molecule has 0 amide bonds. The van der Waals surface area contributed by atoms with Gasteiger partial charge < -0.3 is 9.67 Å². The van der Waals surface area contributed by atoms with Crippen molar-refractivity contribution < 1.29 is 5.11 Å². The molecule has 1 aliphatic heterocycles. The summed E-state index contributed by atoms with van der Waals surface area (Å²) in [5.41, 5.74) is 2.55. The number of hydrogen-bond acceptors (Lipinski definition) is 2. The molecule has 1 N–H and O–H groups in total. The van der Waals surface area contributed by atoms with Gasteiger partial charge in [0.15, 0.2) is 0 Å². The third-order valence-electron chi connectivity index (χ3n) is 4.11.